The second kappa shape index (κ2) is 8.80. The van der Waals surface area contributed by atoms with Gasteiger partial charge in [0.25, 0.3) is 5.91 Å². The highest BCUT2D eigenvalue weighted by atomic mass is 35.5. The van der Waals surface area contributed by atoms with E-state index in [-0.39, 0.29) is 24.4 Å². The predicted octanol–water partition coefficient (Wildman–Crippen LogP) is 3.08. The molecule has 0 saturated carbocycles. The molecule has 2 aromatic rings. The van der Waals surface area contributed by atoms with Crippen molar-refractivity contribution in [1.82, 2.24) is 15.1 Å². The minimum Gasteiger partial charge on any atom is -0.342 e. The van der Waals surface area contributed by atoms with Crippen LogP contribution in [0.2, 0.25) is 0 Å². The number of hydrogen-bond acceptors (Lipinski definition) is 3. The van der Waals surface area contributed by atoms with Crippen LogP contribution in [0.3, 0.4) is 0 Å². The summed E-state index contributed by atoms with van der Waals surface area (Å²) in [5.41, 5.74) is 7.11. The fraction of sp³-hybridized carbons (Fsp3) is 0.412. The average molecular weight is 355 g/mol. The fourth-order valence-corrected chi connectivity index (χ4v) is 2.30. The van der Waals surface area contributed by atoms with Crippen molar-refractivity contribution in [3.8, 4) is 11.3 Å². The third-order valence-electron chi connectivity index (χ3n) is 4.01. The number of hydrogen-bond donors (Lipinski definition) is 2. The molecule has 1 atom stereocenters. The van der Waals surface area contributed by atoms with Gasteiger partial charge in [0.2, 0.25) is 0 Å². The summed E-state index contributed by atoms with van der Waals surface area (Å²) in [5.74, 6) is -0.232. The Morgan fingerprint density at radius 1 is 1.38 bits per heavy atom. The first-order valence-corrected chi connectivity index (χ1v) is 7.71. The van der Waals surface area contributed by atoms with Gasteiger partial charge in [-0.05, 0) is 24.5 Å². The van der Waals surface area contributed by atoms with Crippen LogP contribution in [0.1, 0.15) is 30.6 Å². The number of nitrogens with two attached hydrogens (primary N) is 1. The molecule has 3 N–H and O–H groups in total. The molecule has 0 radical (unpaired) electrons. The quantitative estimate of drug-likeness (QED) is 0.837. The third-order valence-corrected chi connectivity index (χ3v) is 4.01. The minimum atomic E-state index is -0.393. The van der Waals surface area contributed by atoms with Crippen LogP contribution in [-0.4, -0.2) is 40.6 Å². The number of amides is 1. The zero-order valence-electron chi connectivity index (χ0n) is 14.1. The molecule has 1 aromatic carbocycles. The maximum absolute atomic E-state index is 14.0. The summed E-state index contributed by atoms with van der Waals surface area (Å²) in [6.07, 6.45) is 2.15. The van der Waals surface area contributed by atoms with Gasteiger partial charge in [-0.15, -0.1) is 12.4 Å². The molecule has 5 nitrogen and oxygen atoms in total. The number of nitrogens with zero attached hydrogens (tertiary/aromatic N) is 2. The number of carbonyl (C=O) groups is 1. The summed E-state index contributed by atoms with van der Waals surface area (Å²) >= 11 is 0. The van der Waals surface area contributed by atoms with Gasteiger partial charge >= 0.3 is 0 Å². The lowest BCUT2D eigenvalue weighted by Gasteiger charge is -2.21. The van der Waals surface area contributed by atoms with Crippen molar-refractivity contribution in [2.75, 3.05) is 13.6 Å². The molecule has 0 spiro atoms. The fourth-order valence-electron chi connectivity index (χ4n) is 2.30. The summed E-state index contributed by atoms with van der Waals surface area (Å²) in [6, 6.07) is 6.35. The molecule has 132 valence electrons. The molecule has 0 bridgehead atoms. The Morgan fingerprint density at radius 3 is 2.67 bits per heavy atom. The Bertz CT molecular complexity index is 674. The maximum Gasteiger partial charge on any atom is 0.257 e. The van der Waals surface area contributed by atoms with E-state index >= 15 is 0 Å². The normalized spacial score (nSPS) is 11.9. The van der Waals surface area contributed by atoms with E-state index in [1.54, 1.807) is 30.1 Å². The van der Waals surface area contributed by atoms with Crippen LogP contribution in [-0.2, 0) is 0 Å². The first-order chi connectivity index (χ1) is 10.9. The van der Waals surface area contributed by atoms with E-state index in [0.29, 0.717) is 35.7 Å². The summed E-state index contributed by atoms with van der Waals surface area (Å²) in [4.78, 5) is 14.2. The van der Waals surface area contributed by atoms with Crippen molar-refractivity contribution in [3.63, 3.8) is 0 Å². The number of rotatable bonds is 6. The van der Waals surface area contributed by atoms with Crippen LogP contribution < -0.4 is 5.73 Å². The van der Waals surface area contributed by atoms with Crippen LogP contribution in [0.25, 0.3) is 11.3 Å². The number of aromatic nitrogens is 2. The van der Waals surface area contributed by atoms with E-state index in [0.717, 1.165) is 0 Å². The van der Waals surface area contributed by atoms with Gasteiger partial charge in [0.1, 0.15) is 5.82 Å². The minimum absolute atomic E-state index is 0. The van der Waals surface area contributed by atoms with E-state index < -0.39 is 5.82 Å². The number of halogens is 2. The molecular weight excluding hydrogens is 331 g/mol. The second-order valence-electron chi connectivity index (χ2n) is 6.06. The zero-order chi connectivity index (χ0) is 17.0. The van der Waals surface area contributed by atoms with Crippen LogP contribution in [0.15, 0.2) is 30.5 Å². The molecule has 1 heterocycles. The lowest BCUT2D eigenvalue weighted by molar-refractivity contribution is 0.0790. The van der Waals surface area contributed by atoms with E-state index in [2.05, 4.69) is 24.0 Å². The summed E-state index contributed by atoms with van der Waals surface area (Å²) in [7, 11) is 1.72. The monoisotopic (exact) mass is 354 g/mol. The van der Waals surface area contributed by atoms with Gasteiger partial charge < -0.3 is 10.6 Å². The molecule has 2 rings (SSSR count). The number of nitrogens with one attached hydrogen (secondary N) is 1. The molecule has 0 saturated heterocycles. The summed E-state index contributed by atoms with van der Waals surface area (Å²) in [6.45, 7) is 4.65. The highest BCUT2D eigenvalue weighted by Crippen LogP contribution is 2.24. The second-order valence-corrected chi connectivity index (χ2v) is 6.06. The highest BCUT2D eigenvalue weighted by molar-refractivity contribution is 5.99. The standard InChI is InChI=1S/C17H23FN4O.ClH/c1-11(2)15(19)8-9-22(3)17(23)13-10-20-21-16(13)12-6-4-5-7-14(12)18;/h4-7,10-11,15H,8-9,19H2,1-3H3,(H,20,21);1H. The number of benzene rings is 1. The van der Waals surface area contributed by atoms with Crippen molar-refractivity contribution >= 4 is 18.3 Å². The SMILES string of the molecule is CC(C)C(N)CCN(C)C(=O)c1cn[nH]c1-c1ccccc1F.Cl. The summed E-state index contributed by atoms with van der Waals surface area (Å²) in [5, 5.41) is 6.62. The smallest absolute Gasteiger partial charge is 0.257 e. The average Bonchev–Trinajstić information content (AvgIpc) is 3.01. The molecule has 1 aromatic heterocycles. The van der Waals surface area contributed by atoms with Crippen LogP contribution >= 0.6 is 12.4 Å². The molecular formula is C17H24ClFN4O. The topological polar surface area (TPSA) is 75.0 Å². The lowest BCUT2D eigenvalue weighted by atomic mass is 10.0. The van der Waals surface area contributed by atoms with Crippen LogP contribution in [0.5, 0.6) is 0 Å². The van der Waals surface area contributed by atoms with E-state index in [4.69, 9.17) is 5.73 Å². The Kier molecular flexibility index (Phi) is 7.38. The van der Waals surface area contributed by atoms with E-state index in [1.807, 2.05) is 0 Å². The first kappa shape index (κ1) is 20.1. The Hall–Kier alpha value is -1.92. The van der Waals surface area contributed by atoms with Crippen molar-refractivity contribution < 1.29 is 9.18 Å². The van der Waals surface area contributed by atoms with Crippen molar-refractivity contribution in [2.45, 2.75) is 26.3 Å². The van der Waals surface area contributed by atoms with Crippen molar-refractivity contribution in [2.24, 2.45) is 11.7 Å². The number of H-pyrrole nitrogens is 1. The van der Waals surface area contributed by atoms with E-state index in [9.17, 15) is 9.18 Å². The largest absolute Gasteiger partial charge is 0.342 e. The first-order valence-electron chi connectivity index (χ1n) is 7.71. The number of aromatic amines is 1. The molecule has 0 aliphatic rings. The van der Waals surface area contributed by atoms with E-state index in [1.165, 1.54) is 12.3 Å². The van der Waals surface area contributed by atoms with Gasteiger partial charge in [-0.25, -0.2) is 4.39 Å². The Labute approximate surface area is 147 Å². The van der Waals surface area contributed by atoms with Crippen molar-refractivity contribution in [3.05, 3.63) is 41.8 Å². The molecule has 1 unspecified atom stereocenters. The predicted molar refractivity (Wildman–Crippen MR) is 95.6 cm³/mol. The third kappa shape index (κ3) is 4.55. The highest BCUT2D eigenvalue weighted by Gasteiger charge is 2.21. The van der Waals surface area contributed by atoms with Crippen LogP contribution in [0, 0.1) is 11.7 Å². The van der Waals surface area contributed by atoms with Gasteiger partial charge in [-0.2, -0.15) is 5.10 Å². The maximum atomic E-state index is 14.0. The molecule has 7 heteroatoms. The van der Waals surface area contributed by atoms with Crippen LogP contribution in [0.4, 0.5) is 4.39 Å². The van der Waals surface area contributed by atoms with Gasteiger partial charge in [-0.1, -0.05) is 26.0 Å². The molecule has 1 amide bonds. The van der Waals surface area contributed by atoms with Gasteiger partial charge in [-0.3, -0.25) is 9.89 Å². The molecule has 0 fully saturated rings. The zero-order valence-corrected chi connectivity index (χ0v) is 14.9. The van der Waals surface area contributed by atoms with Gasteiger partial charge in [0, 0.05) is 25.2 Å². The summed E-state index contributed by atoms with van der Waals surface area (Å²) < 4.78 is 14.0. The molecule has 0 aliphatic heterocycles. The number of carbonyl (C=O) groups excluding carboxylic acids is 1. The van der Waals surface area contributed by atoms with Gasteiger partial charge in [0.05, 0.1) is 17.5 Å². The van der Waals surface area contributed by atoms with Gasteiger partial charge in [0.15, 0.2) is 0 Å². The molecule has 24 heavy (non-hydrogen) atoms. The lowest BCUT2D eigenvalue weighted by Crippen LogP contribution is -2.34. The molecule has 0 aliphatic carbocycles. The van der Waals surface area contributed by atoms with Crippen molar-refractivity contribution in [1.29, 1.82) is 0 Å². The Balaban J connectivity index is 0.00000288. The Morgan fingerprint density at radius 2 is 2.04 bits per heavy atom.